The van der Waals surface area contributed by atoms with Crippen LogP contribution < -0.4 is 10.1 Å². The second-order valence-electron chi connectivity index (χ2n) is 5.22. The van der Waals surface area contributed by atoms with E-state index in [2.05, 4.69) is 43.3 Å². The van der Waals surface area contributed by atoms with Crippen LogP contribution in [0.1, 0.15) is 32.8 Å². The number of rotatable bonds is 7. The first kappa shape index (κ1) is 14.6. The molecule has 1 aromatic carbocycles. The molecule has 1 N–H and O–H groups in total. The number of hydrogen-bond donors (Lipinski definition) is 1. The zero-order chi connectivity index (χ0) is 14.4. The second-order valence-corrected chi connectivity index (χ2v) is 5.22. The Bertz CT molecular complexity index is 517. The van der Waals surface area contributed by atoms with Gasteiger partial charge in [0, 0.05) is 19.1 Å². The van der Waals surface area contributed by atoms with Crippen molar-refractivity contribution in [2.45, 2.75) is 46.3 Å². The molecule has 0 radical (unpaired) electrons. The number of aromatic nitrogens is 2. The van der Waals surface area contributed by atoms with E-state index in [1.807, 2.05) is 23.0 Å². The number of ether oxygens (including phenoxy) is 1. The smallest absolute Gasteiger partial charge is 0.165 e. The minimum absolute atomic E-state index is 0.496. The molecule has 0 saturated heterocycles. The van der Waals surface area contributed by atoms with Crippen molar-refractivity contribution in [2.75, 3.05) is 0 Å². The van der Waals surface area contributed by atoms with Crippen LogP contribution in [0.2, 0.25) is 0 Å². The van der Waals surface area contributed by atoms with Crippen LogP contribution in [-0.2, 0) is 13.1 Å². The third-order valence-electron chi connectivity index (χ3n) is 2.94. The van der Waals surface area contributed by atoms with Crippen molar-refractivity contribution in [1.29, 1.82) is 0 Å². The summed E-state index contributed by atoms with van der Waals surface area (Å²) < 4.78 is 7.68. The van der Waals surface area contributed by atoms with Gasteiger partial charge in [-0.3, -0.25) is 4.68 Å². The lowest BCUT2D eigenvalue weighted by molar-refractivity contribution is 0.480. The predicted molar refractivity (Wildman–Crippen MR) is 81.0 cm³/mol. The van der Waals surface area contributed by atoms with Crippen molar-refractivity contribution >= 4 is 0 Å². The molecule has 0 aliphatic heterocycles. The molecule has 108 valence electrons. The monoisotopic (exact) mass is 273 g/mol. The SMILES string of the molecule is CCCn1cc(Oc2ccc(CNC(C)C)cc2)cn1. The molecule has 0 spiro atoms. The van der Waals surface area contributed by atoms with Crippen LogP contribution in [0.4, 0.5) is 0 Å². The van der Waals surface area contributed by atoms with E-state index in [1.54, 1.807) is 6.20 Å². The van der Waals surface area contributed by atoms with Gasteiger partial charge in [-0.1, -0.05) is 32.9 Å². The third kappa shape index (κ3) is 4.38. The molecule has 0 bridgehead atoms. The van der Waals surface area contributed by atoms with Gasteiger partial charge in [0.05, 0.1) is 12.4 Å². The van der Waals surface area contributed by atoms with Crippen LogP contribution in [0.3, 0.4) is 0 Å². The highest BCUT2D eigenvalue weighted by molar-refractivity contribution is 5.31. The minimum atomic E-state index is 0.496. The Kier molecular flexibility index (Phi) is 5.18. The summed E-state index contributed by atoms with van der Waals surface area (Å²) >= 11 is 0. The van der Waals surface area contributed by atoms with Gasteiger partial charge in [0.2, 0.25) is 0 Å². The summed E-state index contributed by atoms with van der Waals surface area (Å²) in [7, 11) is 0. The molecule has 2 rings (SSSR count). The van der Waals surface area contributed by atoms with Crippen molar-refractivity contribution in [2.24, 2.45) is 0 Å². The summed E-state index contributed by atoms with van der Waals surface area (Å²) in [6.45, 7) is 8.22. The van der Waals surface area contributed by atoms with Crippen LogP contribution in [-0.4, -0.2) is 15.8 Å². The lowest BCUT2D eigenvalue weighted by Crippen LogP contribution is -2.21. The zero-order valence-electron chi connectivity index (χ0n) is 12.5. The maximum atomic E-state index is 5.78. The summed E-state index contributed by atoms with van der Waals surface area (Å²) in [4.78, 5) is 0. The Morgan fingerprint density at radius 1 is 1.20 bits per heavy atom. The van der Waals surface area contributed by atoms with Crippen LogP contribution in [0.5, 0.6) is 11.5 Å². The van der Waals surface area contributed by atoms with Gasteiger partial charge < -0.3 is 10.1 Å². The maximum absolute atomic E-state index is 5.78. The fourth-order valence-corrected chi connectivity index (χ4v) is 1.88. The Morgan fingerprint density at radius 2 is 1.95 bits per heavy atom. The van der Waals surface area contributed by atoms with E-state index in [0.29, 0.717) is 6.04 Å². The second kappa shape index (κ2) is 7.10. The molecule has 0 atom stereocenters. The molecule has 4 heteroatoms. The molecule has 0 amide bonds. The molecular formula is C16H23N3O. The molecular weight excluding hydrogens is 250 g/mol. The molecule has 1 aromatic heterocycles. The highest BCUT2D eigenvalue weighted by Crippen LogP contribution is 2.21. The van der Waals surface area contributed by atoms with E-state index in [1.165, 1.54) is 5.56 Å². The van der Waals surface area contributed by atoms with Gasteiger partial charge in [-0.05, 0) is 24.1 Å². The largest absolute Gasteiger partial charge is 0.454 e. The molecule has 0 aliphatic rings. The predicted octanol–water partition coefficient (Wildman–Crippen LogP) is 3.58. The van der Waals surface area contributed by atoms with Crippen LogP contribution in [0.15, 0.2) is 36.7 Å². The Balaban J connectivity index is 1.92. The first-order chi connectivity index (χ1) is 9.67. The number of benzene rings is 1. The third-order valence-corrected chi connectivity index (χ3v) is 2.94. The minimum Gasteiger partial charge on any atom is -0.454 e. The molecule has 2 aromatic rings. The highest BCUT2D eigenvalue weighted by atomic mass is 16.5. The van der Waals surface area contributed by atoms with Crippen molar-refractivity contribution in [3.05, 3.63) is 42.2 Å². The molecule has 20 heavy (non-hydrogen) atoms. The zero-order valence-corrected chi connectivity index (χ0v) is 12.5. The Hall–Kier alpha value is -1.81. The lowest BCUT2D eigenvalue weighted by atomic mass is 10.2. The number of nitrogens with one attached hydrogen (secondary N) is 1. The molecule has 1 heterocycles. The summed E-state index contributed by atoms with van der Waals surface area (Å²) in [5.41, 5.74) is 1.26. The topological polar surface area (TPSA) is 39.1 Å². The van der Waals surface area contributed by atoms with E-state index >= 15 is 0 Å². The number of aryl methyl sites for hydroxylation is 1. The normalized spacial score (nSPS) is 11.0. The fourth-order valence-electron chi connectivity index (χ4n) is 1.88. The fraction of sp³-hybridized carbons (Fsp3) is 0.438. The average Bonchev–Trinajstić information content (AvgIpc) is 2.86. The van der Waals surface area contributed by atoms with Crippen molar-refractivity contribution < 1.29 is 4.74 Å². The quantitative estimate of drug-likeness (QED) is 0.838. The summed E-state index contributed by atoms with van der Waals surface area (Å²) in [5.74, 6) is 1.63. The van der Waals surface area contributed by atoms with Gasteiger partial charge in [-0.15, -0.1) is 0 Å². The maximum Gasteiger partial charge on any atom is 0.165 e. The standard InChI is InChI=1S/C16H23N3O/c1-4-9-19-12-16(11-18-19)20-15-7-5-14(6-8-15)10-17-13(2)3/h5-8,11-13,17H,4,9-10H2,1-3H3. The molecule has 0 saturated carbocycles. The van der Waals surface area contributed by atoms with E-state index < -0.39 is 0 Å². The summed E-state index contributed by atoms with van der Waals surface area (Å²) in [6, 6.07) is 8.65. The Labute approximate surface area is 120 Å². The molecule has 0 aliphatic carbocycles. The van der Waals surface area contributed by atoms with E-state index in [-0.39, 0.29) is 0 Å². The first-order valence-electron chi connectivity index (χ1n) is 7.20. The van der Waals surface area contributed by atoms with Crippen molar-refractivity contribution in [1.82, 2.24) is 15.1 Å². The highest BCUT2D eigenvalue weighted by Gasteiger charge is 2.02. The average molecular weight is 273 g/mol. The van der Waals surface area contributed by atoms with Crippen molar-refractivity contribution in [3.8, 4) is 11.5 Å². The first-order valence-corrected chi connectivity index (χ1v) is 7.20. The molecule has 4 nitrogen and oxygen atoms in total. The molecule has 0 fully saturated rings. The van der Waals surface area contributed by atoms with E-state index in [9.17, 15) is 0 Å². The summed E-state index contributed by atoms with van der Waals surface area (Å²) in [6.07, 6.45) is 4.75. The number of nitrogens with zero attached hydrogens (tertiary/aromatic N) is 2. The Morgan fingerprint density at radius 3 is 2.60 bits per heavy atom. The van der Waals surface area contributed by atoms with E-state index in [0.717, 1.165) is 31.0 Å². The van der Waals surface area contributed by atoms with Gasteiger partial charge in [-0.25, -0.2) is 0 Å². The van der Waals surface area contributed by atoms with Gasteiger partial charge in [0.1, 0.15) is 5.75 Å². The van der Waals surface area contributed by atoms with Crippen molar-refractivity contribution in [3.63, 3.8) is 0 Å². The molecule has 0 unspecified atom stereocenters. The van der Waals surface area contributed by atoms with Gasteiger partial charge in [0.15, 0.2) is 5.75 Å². The van der Waals surface area contributed by atoms with Crippen LogP contribution in [0.25, 0.3) is 0 Å². The van der Waals surface area contributed by atoms with Gasteiger partial charge in [0.25, 0.3) is 0 Å². The van der Waals surface area contributed by atoms with Crippen LogP contribution >= 0.6 is 0 Å². The van der Waals surface area contributed by atoms with Crippen LogP contribution in [0, 0.1) is 0 Å². The van der Waals surface area contributed by atoms with E-state index in [4.69, 9.17) is 4.74 Å². The number of hydrogen-bond acceptors (Lipinski definition) is 3. The lowest BCUT2D eigenvalue weighted by Gasteiger charge is -2.08. The van der Waals surface area contributed by atoms with Gasteiger partial charge in [-0.2, -0.15) is 5.10 Å². The van der Waals surface area contributed by atoms with Gasteiger partial charge >= 0.3 is 0 Å². The summed E-state index contributed by atoms with van der Waals surface area (Å²) in [5, 5.41) is 7.64.